The van der Waals surface area contributed by atoms with Gasteiger partial charge >= 0.3 is 12.9 Å². The molecule has 44 heavy (non-hydrogen) atoms. The van der Waals surface area contributed by atoms with E-state index in [1.54, 1.807) is 18.2 Å². The first-order chi connectivity index (χ1) is 21.3. The van der Waals surface area contributed by atoms with Crippen LogP contribution in [0.4, 0.5) is 34.6 Å². The van der Waals surface area contributed by atoms with Gasteiger partial charge in [-0.15, -0.1) is 11.3 Å². The second-order valence-corrected chi connectivity index (χ2v) is 11.7. The molecule has 12 heteroatoms. The minimum Gasteiger partial charge on any atom is -0.424 e. The van der Waals surface area contributed by atoms with E-state index in [4.69, 9.17) is 16.0 Å². The van der Waals surface area contributed by atoms with Gasteiger partial charge in [-0.2, -0.15) is 13.2 Å². The first-order valence-corrected chi connectivity index (χ1v) is 15.5. The van der Waals surface area contributed by atoms with Gasteiger partial charge in [0.05, 0.1) is 52.8 Å². The van der Waals surface area contributed by atoms with Crippen molar-refractivity contribution in [2.75, 3.05) is 74.7 Å². The fourth-order valence-corrected chi connectivity index (χ4v) is 6.76. The van der Waals surface area contributed by atoms with Gasteiger partial charge in [0.2, 0.25) is 0 Å². The Labute approximate surface area is 258 Å². The Morgan fingerprint density at radius 2 is 1.91 bits per heavy atom. The molecule has 3 aromatic rings. The SMILES string of the molecule is [C-]#[N+]COc1cc(N2CCOCC2)c(F)cc1NCC#Cc1sc2c(NC3CCN(CC)CC3)cccc2c1CC(F)(F)F. The third-order valence-electron chi connectivity index (χ3n) is 7.84. The van der Waals surface area contributed by atoms with Crippen LogP contribution in [0.15, 0.2) is 30.3 Å². The number of rotatable bonds is 9. The molecular formula is C32H35F4N5O2S. The van der Waals surface area contributed by atoms with E-state index >= 15 is 4.39 Å². The van der Waals surface area contributed by atoms with Crippen molar-refractivity contribution in [2.45, 2.75) is 38.4 Å². The highest BCUT2D eigenvalue weighted by atomic mass is 32.1. The molecular weight excluding hydrogens is 594 g/mol. The normalized spacial score (nSPS) is 16.3. The zero-order valence-corrected chi connectivity index (χ0v) is 25.3. The summed E-state index contributed by atoms with van der Waals surface area (Å²) in [5.41, 5.74) is 1.66. The summed E-state index contributed by atoms with van der Waals surface area (Å²) in [6.07, 6.45) is -3.53. The number of likely N-dealkylation sites (tertiary alicyclic amines) is 1. The predicted octanol–water partition coefficient (Wildman–Crippen LogP) is 6.60. The number of nitrogens with one attached hydrogen (secondary N) is 2. The number of alkyl halides is 3. The molecule has 2 aliphatic heterocycles. The van der Waals surface area contributed by atoms with Gasteiger partial charge < -0.3 is 29.9 Å². The zero-order valence-electron chi connectivity index (χ0n) is 24.5. The molecule has 5 rings (SSSR count). The van der Waals surface area contributed by atoms with Gasteiger partial charge in [-0.25, -0.2) is 11.0 Å². The molecule has 2 aromatic carbocycles. The van der Waals surface area contributed by atoms with E-state index in [-0.39, 0.29) is 24.9 Å². The van der Waals surface area contributed by atoms with Gasteiger partial charge in [-0.3, -0.25) is 4.85 Å². The molecule has 0 unspecified atom stereocenters. The van der Waals surface area contributed by atoms with Gasteiger partial charge in [0.25, 0.3) is 0 Å². The molecule has 2 aliphatic rings. The van der Waals surface area contributed by atoms with Gasteiger partial charge in [-0.05, 0) is 36.4 Å². The lowest BCUT2D eigenvalue weighted by Gasteiger charge is -2.32. The molecule has 2 saturated heterocycles. The number of benzene rings is 2. The Hall–Kier alpha value is -3.71. The molecule has 234 valence electrons. The van der Waals surface area contributed by atoms with Crippen LogP contribution in [-0.2, 0) is 11.2 Å². The van der Waals surface area contributed by atoms with Crippen LogP contribution in [0, 0.1) is 24.2 Å². The third-order valence-corrected chi connectivity index (χ3v) is 9.04. The second-order valence-electron chi connectivity index (χ2n) is 10.7. The average molecular weight is 630 g/mol. The average Bonchev–Trinajstić information content (AvgIpc) is 3.36. The third kappa shape index (κ3) is 7.86. The first-order valence-electron chi connectivity index (χ1n) is 14.7. The van der Waals surface area contributed by atoms with E-state index < -0.39 is 18.4 Å². The molecule has 7 nitrogen and oxygen atoms in total. The van der Waals surface area contributed by atoms with Crippen molar-refractivity contribution in [2.24, 2.45) is 0 Å². The van der Waals surface area contributed by atoms with Crippen LogP contribution in [0.3, 0.4) is 0 Å². The lowest BCUT2D eigenvalue weighted by atomic mass is 10.0. The summed E-state index contributed by atoms with van der Waals surface area (Å²) < 4.78 is 67.8. The van der Waals surface area contributed by atoms with Gasteiger partial charge in [0.15, 0.2) is 5.75 Å². The first kappa shape index (κ1) is 31.7. The summed E-state index contributed by atoms with van der Waals surface area (Å²) in [4.78, 5) is 7.83. The Bertz CT molecular complexity index is 1540. The fourth-order valence-electron chi connectivity index (χ4n) is 5.59. The summed E-state index contributed by atoms with van der Waals surface area (Å²) in [6, 6.07) is 8.53. The second kappa shape index (κ2) is 14.4. The minimum absolute atomic E-state index is 0.0333. The molecule has 0 saturated carbocycles. The number of anilines is 3. The van der Waals surface area contributed by atoms with Crippen molar-refractivity contribution in [1.82, 2.24) is 4.90 Å². The molecule has 1 aromatic heterocycles. The number of hydrogen-bond donors (Lipinski definition) is 2. The van der Waals surface area contributed by atoms with Crippen molar-refractivity contribution >= 4 is 38.5 Å². The van der Waals surface area contributed by atoms with E-state index in [1.165, 1.54) is 17.4 Å². The number of halogens is 4. The summed E-state index contributed by atoms with van der Waals surface area (Å²) in [5.74, 6) is 5.70. The smallest absolute Gasteiger partial charge is 0.393 e. The van der Waals surface area contributed by atoms with Crippen LogP contribution >= 0.6 is 11.3 Å². The van der Waals surface area contributed by atoms with Crippen LogP contribution in [-0.4, -0.2) is 76.3 Å². The highest BCUT2D eigenvalue weighted by Gasteiger charge is 2.31. The van der Waals surface area contributed by atoms with Gasteiger partial charge in [0, 0.05) is 44.4 Å². The summed E-state index contributed by atoms with van der Waals surface area (Å²) >= 11 is 1.26. The Morgan fingerprint density at radius 1 is 1.14 bits per heavy atom. The molecule has 2 N–H and O–H groups in total. The van der Waals surface area contributed by atoms with Crippen molar-refractivity contribution in [3.63, 3.8) is 0 Å². The largest absolute Gasteiger partial charge is 0.424 e. The van der Waals surface area contributed by atoms with Gasteiger partial charge in [0.1, 0.15) is 5.82 Å². The van der Waals surface area contributed by atoms with Crippen molar-refractivity contribution < 1.29 is 27.0 Å². The standard InChI is InChI=1S/C32H35F4N5O2S/c1-3-40-12-9-22(10-13-40)39-26-7-4-6-23-24(20-32(34,35)36)30(44-31(23)26)8-5-11-38-27-18-25(33)28(19-29(27)43-21-37-2)41-14-16-42-17-15-41/h4,6-7,18-19,22,38-39H,3,9-17,20-21H2,1H3. The highest BCUT2D eigenvalue weighted by Crippen LogP contribution is 2.39. The van der Waals surface area contributed by atoms with E-state index in [2.05, 4.69) is 39.1 Å². The van der Waals surface area contributed by atoms with E-state index in [0.717, 1.165) is 42.9 Å². The number of hydrogen-bond acceptors (Lipinski definition) is 7. The maximum atomic E-state index is 15.1. The van der Waals surface area contributed by atoms with E-state index in [1.807, 2.05) is 11.0 Å². The number of ether oxygens (including phenoxy) is 2. The zero-order chi connectivity index (χ0) is 31.1. The number of nitrogens with zero attached hydrogens (tertiary/aromatic N) is 3. The summed E-state index contributed by atoms with van der Waals surface area (Å²) in [7, 11) is 0. The van der Waals surface area contributed by atoms with Crippen molar-refractivity contribution in [3.05, 3.63) is 58.0 Å². The molecule has 0 radical (unpaired) electrons. The van der Waals surface area contributed by atoms with E-state index in [9.17, 15) is 13.2 Å². The summed E-state index contributed by atoms with van der Waals surface area (Å²) in [6.45, 7) is 14.0. The molecule has 2 fully saturated rings. The Kier molecular flexibility index (Phi) is 10.4. The van der Waals surface area contributed by atoms with Crippen molar-refractivity contribution in [1.29, 1.82) is 0 Å². The van der Waals surface area contributed by atoms with Crippen LogP contribution in [0.1, 0.15) is 30.2 Å². The lowest BCUT2D eigenvalue weighted by Crippen LogP contribution is -2.38. The monoisotopic (exact) mass is 629 g/mol. The Morgan fingerprint density at radius 3 is 2.61 bits per heavy atom. The molecule has 3 heterocycles. The maximum absolute atomic E-state index is 15.1. The number of morpholine rings is 1. The molecule has 0 spiro atoms. The molecule has 0 amide bonds. The topological polar surface area (TPSA) is 53.4 Å². The number of thiophene rings is 1. The van der Waals surface area contributed by atoms with Crippen molar-refractivity contribution in [3.8, 4) is 17.6 Å². The highest BCUT2D eigenvalue weighted by molar-refractivity contribution is 7.20. The quantitative estimate of drug-likeness (QED) is 0.158. The minimum atomic E-state index is -4.39. The molecule has 0 atom stereocenters. The Balaban J connectivity index is 1.37. The van der Waals surface area contributed by atoms with Crippen LogP contribution in [0.25, 0.3) is 14.9 Å². The van der Waals surface area contributed by atoms with Gasteiger partial charge in [-0.1, -0.05) is 30.9 Å². The summed E-state index contributed by atoms with van der Waals surface area (Å²) in [5, 5.41) is 7.15. The van der Waals surface area contributed by atoms with E-state index in [0.29, 0.717) is 53.7 Å². The fraction of sp³-hybridized carbons (Fsp3) is 0.469. The van der Waals surface area contributed by atoms with Crippen LogP contribution in [0.5, 0.6) is 5.75 Å². The molecule has 0 aliphatic carbocycles. The lowest BCUT2D eigenvalue weighted by molar-refractivity contribution is -0.126. The molecule has 0 bridgehead atoms. The maximum Gasteiger partial charge on any atom is 0.393 e. The van der Waals surface area contributed by atoms with Crippen LogP contribution < -0.4 is 20.3 Å². The number of fused-ring (bicyclic) bond motifs is 1. The number of piperidine rings is 1. The van der Waals surface area contributed by atoms with Crippen LogP contribution in [0.2, 0.25) is 0 Å². The predicted molar refractivity (Wildman–Crippen MR) is 167 cm³/mol.